The number of aryl methyl sites for hydroxylation is 1. The molecule has 0 saturated carbocycles. The average molecular weight is 377 g/mol. The summed E-state index contributed by atoms with van der Waals surface area (Å²) in [6, 6.07) is 8.02. The first-order valence-corrected chi connectivity index (χ1v) is 9.60. The highest BCUT2D eigenvalue weighted by atomic mass is 32.2. The molecule has 7 nitrogen and oxygen atoms in total. The molecule has 26 heavy (non-hydrogen) atoms. The van der Waals surface area contributed by atoms with Crippen LogP contribution in [0.3, 0.4) is 0 Å². The summed E-state index contributed by atoms with van der Waals surface area (Å²) in [6.45, 7) is 4.71. The number of benzene rings is 1. The van der Waals surface area contributed by atoms with E-state index in [0.29, 0.717) is 36.4 Å². The zero-order valence-corrected chi connectivity index (χ0v) is 15.7. The van der Waals surface area contributed by atoms with Crippen molar-refractivity contribution in [3.8, 4) is 11.4 Å². The maximum Gasteiger partial charge on any atom is 0.313 e. The van der Waals surface area contributed by atoms with Crippen LogP contribution in [-0.4, -0.2) is 45.2 Å². The van der Waals surface area contributed by atoms with Gasteiger partial charge in [0.15, 0.2) is 0 Å². The molecule has 1 aromatic heterocycles. The van der Waals surface area contributed by atoms with Gasteiger partial charge in [-0.1, -0.05) is 43.3 Å². The fourth-order valence-electron chi connectivity index (χ4n) is 2.22. The standard InChI is InChI=1S/C18H23N3O4S/c1-12(2)13-3-5-14(6-4-13)18-20-16(25-21-18)8-7-15(22)19-9-10-26-11-17(23)24/h3-6,12H,7-11H2,1-2H3,(H,19,22)(H,23,24). The fourth-order valence-corrected chi connectivity index (χ4v) is 2.79. The van der Waals surface area contributed by atoms with Gasteiger partial charge in [0.25, 0.3) is 0 Å². The number of carbonyl (C=O) groups is 2. The Hall–Kier alpha value is -2.35. The molecule has 1 amide bonds. The van der Waals surface area contributed by atoms with Gasteiger partial charge in [-0.25, -0.2) is 0 Å². The van der Waals surface area contributed by atoms with Gasteiger partial charge in [0.1, 0.15) is 0 Å². The van der Waals surface area contributed by atoms with Crippen LogP contribution in [0.4, 0.5) is 0 Å². The van der Waals surface area contributed by atoms with Gasteiger partial charge in [-0.3, -0.25) is 9.59 Å². The molecular formula is C18H23N3O4S. The molecule has 0 aliphatic carbocycles. The van der Waals surface area contributed by atoms with Gasteiger partial charge in [0.2, 0.25) is 17.6 Å². The molecular weight excluding hydrogens is 354 g/mol. The van der Waals surface area contributed by atoms with Crippen LogP contribution in [0.15, 0.2) is 28.8 Å². The van der Waals surface area contributed by atoms with Crippen molar-refractivity contribution in [1.82, 2.24) is 15.5 Å². The number of nitrogens with zero attached hydrogens (tertiary/aromatic N) is 2. The highest BCUT2D eigenvalue weighted by Gasteiger charge is 2.11. The van der Waals surface area contributed by atoms with Gasteiger partial charge < -0.3 is 14.9 Å². The number of aliphatic carboxylic acids is 1. The van der Waals surface area contributed by atoms with Crippen LogP contribution in [0.1, 0.15) is 37.6 Å². The van der Waals surface area contributed by atoms with Crippen LogP contribution in [-0.2, 0) is 16.0 Å². The number of carboxylic acid groups (broad SMARTS) is 1. The number of amides is 1. The summed E-state index contributed by atoms with van der Waals surface area (Å²) in [5.74, 6) is 1.03. The normalized spacial score (nSPS) is 10.9. The minimum atomic E-state index is -0.854. The van der Waals surface area contributed by atoms with E-state index in [1.54, 1.807) is 0 Å². The second kappa shape index (κ2) is 9.96. The van der Waals surface area contributed by atoms with E-state index >= 15 is 0 Å². The second-order valence-corrected chi connectivity index (χ2v) is 7.19. The zero-order valence-electron chi connectivity index (χ0n) is 14.9. The smallest absolute Gasteiger partial charge is 0.313 e. The number of nitrogens with one attached hydrogen (secondary N) is 1. The molecule has 2 aromatic rings. The van der Waals surface area contributed by atoms with Gasteiger partial charge in [0.05, 0.1) is 5.75 Å². The summed E-state index contributed by atoms with van der Waals surface area (Å²) in [6.07, 6.45) is 0.614. The van der Waals surface area contributed by atoms with Gasteiger partial charge in [-0.15, -0.1) is 11.8 Å². The van der Waals surface area contributed by atoms with Crippen molar-refractivity contribution >= 4 is 23.6 Å². The summed E-state index contributed by atoms with van der Waals surface area (Å²) in [4.78, 5) is 26.5. The molecule has 1 aromatic carbocycles. The molecule has 0 aliphatic heterocycles. The molecule has 0 fully saturated rings. The van der Waals surface area contributed by atoms with Crippen LogP contribution in [0.25, 0.3) is 11.4 Å². The van der Waals surface area contributed by atoms with Crippen molar-refractivity contribution in [2.75, 3.05) is 18.1 Å². The number of hydrogen-bond acceptors (Lipinski definition) is 6. The average Bonchev–Trinajstić information content (AvgIpc) is 3.08. The maximum absolute atomic E-state index is 11.8. The van der Waals surface area contributed by atoms with Crippen molar-refractivity contribution in [2.24, 2.45) is 0 Å². The lowest BCUT2D eigenvalue weighted by molar-refractivity contribution is -0.133. The van der Waals surface area contributed by atoms with E-state index in [-0.39, 0.29) is 18.1 Å². The van der Waals surface area contributed by atoms with Crippen molar-refractivity contribution in [3.63, 3.8) is 0 Å². The monoisotopic (exact) mass is 377 g/mol. The van der Waals surface area contributed by atoms with Crippen LogP contribution in [0.2, 0.25) is 0 Å². The molecule has 2 rings (SSSR count). The second-order valence-electron chi connectivity index (χ2n) is 6.08. The third kappa shape index (κ3) is 6.51. The van der Waals surface area contributed by atoms with Crippen molar-refractivity contribution < 1.29 is 19.2 Å². The Morgan fingerprint density at radius 3 is 2.65 bits per heavy atom. The lowest BCUT2D eigenvalue weighted by Crippen LogP contribution is -2.26. The van der Waals surface area contributed by atoms with Crippen LogP contribution < -0.4 is 5.32 Å². The molecule has 0 radical (unpaired) electrons. The topological polar surface area (TPSA) is 105 Å². The fraction of sp³-hybridized carbons (Fsp3) is 0.444. The van der Waals surface area contributed by atoms with Crippen molar-refractivity contribution in [1.29, 1.82) is 0 Å². The number of rotatable bonds is 10. The predicted octanol–water partition coefficient (Wildman–Crippen LogP) is 2.73. The Morgan fingerprint density at radius 2 is 2.00 bits per heavy atom. The van der Waals surface area contributed by atoms with Crippen LogP contribution >= 0.6 is 11.8 Å². The Labute approximate surface area is 156 Å². The SMILES string of the molecule is CC(C)c1ccc(-c2noc(CCC(=O)NCCSCC(=O)O)n2)cc1. The lowest BCUT2D eigenvalue weighted by Gasteiger charge is -2.04. The van der Waals surface area contributed by atoms with Crippen molar-refractivity contribution in [3.05, 3.63) is 35.7 Å². The van der Waals surface area contributed by atoms with Gasteiger partial charge in [-0.2, -0.15) is 4.98 Å². The molecule has 1 heterocycles. The Bertz CT molecular complexity index is 728. The van der Waals surface area contributed by atoms with Gasteiger partial charge >= 0.3 is 5.97 Å². The van der Waals surface area contributed by atoms with Gasteiger partial charge in [-0.05, 0) is 11.5 Å². The third-order valence-electron chi connectivity index (χ3n) is 3.66. The summed E-state index contributed by atoms with van der Waals surface area (Å²) < 4.78 is 5.21. The largest absolute Gasteiger partial charge is 0.481 e. The molecule has 0 bridgehead atoms. The summed E-state index contributed by atoms with van der Waals surface area (Å²) >= 11 is 1.27. The summed E-state index contributed by atoms with van der Waals surface area (Å²) in [5, 5.41) is 15.2. The first-order valence-electron chi connectivity index (χ1n) is 8.45. The highest BCUT2D eigenvalue weighted by molar-refractivity contribution is 7.99. The minimum Gasteiger partial charge on any atom is -0.481 e. The zero-order chi connectivity index (χ0) is 18.9. The Kier molecular flexibility index (Phi) is 7.65. The highest BCUT2D eigenvalue weighted by Crippen LogP contribution is 2.20. The molecule has 0 atom stereocenters. The molecule has 8 heteroatoms. The quantitative estimate of drug-likeness (QED) is 0.613. The lowest BCUT2D eigenvalue weighted by atomic mass is 10.0. The maximum atomic E-state index is 11.8. The van der Waals surface area contributed by atoms with E-state index in [1.807, 2.05) is 24.3 Å². The number of carbonyl (C=O) groups excluding carboxylic acids is 1. The molecule has 140 valence electrons. The van der Waals surface area contributed by atoms with Gasteiger partial charge in [0, 0.05) is 30.7 Å². The number of thioether (sulfide) groups is 1. The molecule has 2 N–H and O–H groups in total. The summed E-state index contributed by atoms with van der Waals surface area (Å²) in [5.41, 5.74) is 2.12. The van der Waals surface area contributed by atoms with E-state index in [4.69, 9.17) is 9.63 Å². The van der Waals surface area contributed by atoms with Crippen molar-refractivity contribution in [2.45, 2.75) is 32.6 Å². The number of aromatic nitrogens is 2. The molecule has 0 aliphatic rings. The number of carboxylic acids is 1. The Balaban J connectivity index is 1.75. The predicted molar refractivity (Wildman–Crippen MR) is 100 cm³/mol. The van der Waals surface area contributed by atoms with E-state index < -0.39 is 5.97 Å². The molecule has 0 saturated heterocycles. The Morgan fingerprint density at radius 1 is 1.27 bits per heavy atom. The van der Waals surface area contributed by atoms with Crippen LogP contribution in [0.5, 0.6) is 0 Å². The minimum absolute atomic E-state index is 0.0405. The summed E-state index contributed by atoms with van der Waals surface area (Å²) in [7, 11) is 0. The van der Waals surface area contributed by atoms with E-state index in [9.17, 15) is 9.59 Å². The molecule has 0 unspecified atom stereocenters. The first-order chi connectivity index (χ1) is 12.5. The van der Waals surface area contributed by atoms with E-state index in [1.165, 1.54) is 17.3 Å². The molecule has 0 spiro atoms. The first kappa shape index (κ1) is 20.0. The van der Waals surface area contributed by atoms with E-state index in [0.717, 1.165) is 5.56 Å². The van der Waals surface area contributed by atoms with E-state index in [2.05, 4.69) is 29.3 Å². The number of hydrogen-bond donors (Lipinski definition) is 2. The third-order valence-corrected chi connectivity index (χ3v) is 4.61. The van der Waals surface area contributed by atoms with Crippen LogP contribution in [0, 0.1) is 0 Å².